The number of anilines is 1. The molecule has 5 nitrogen and oxygen atoms in total. The van der Waals surface area contributed by atoms with E-state index in [-0.39, 0.29) is 12.0 Å². The lowest BCUT2D eigenvalue weighted by molar-refractivity contribution is -0.143. The molecule has 3 saturated carbocycles. The minimum absolute atomic E-state index is 0.0521. The van der Waals surface area contributed by atoms with Crippen molar-refractivity contribution in [3.05, 3.63) is 5.82 Å². The zero-order chi connectivity index (χ0) is 13.0. The van der Waals surface area contributed by atoms with Gasteiger partial charge in [-0.05, 0) is 43.9 Å². The molecule has 3 fully saturated rings. The number of nitrogens with one attached hydrogen (secondary N) is 1. The number of aliphatic carboxylic acids is 1. The fourth-order valence-corrected chi connectivity index (χ4v) is 4.49. The van der Waals surface area contributed by atoms with Gasteiger partial charge >= 0.3 is 5.97 Å². The topological polar surface area (TPSA) is 75.1 Å². The number of carboxylic acid groups (broad SMARTS) is 1. The van der Waals surface area contributed by atoms with E-state index in [0.717, 1.165) is 30.2 Å². The number of rotatable bonds is 4. The van der Waals surface area contributed by atoms with E-state index in [1.165, 1.54) is 24.4 Å². The average molecular weight is 279 g/mol. The summed E-state index contributed by atoms with van der Waals surface area (Å²) in [5.74, 6) is 1.46. The fraction of sp³-hybridized carbons (Fsp3) is 0.769. The predicted molar refractivity (Wildman–Crippen MR) is 71.3 cm³/mol. The van der Waals surface area contributed by atoms with Gasteiger partial charge in [0.2, 0.25) is 5.13 Å². The van der Waals surface area contributed by atoms with Crippen molar-refractivity contribution < 1.29 is 9.90 Å². The maximum Gasteiger partial charge on any atom is 0.308 e. The van der Waals surface area contributed by atoms with E-state index in [4.69, 9.17) is 0 Å². The molecule has 3 aliphatic rings. The number of nitrogens with zero attached hydrogens (tertiary/aromatic N) is 2. The first-order chi connectivity index (χ1) is 9.22. The van der Waals surface area contributed by atoms with Crippen LogP contribution in [0.3, 0.4) is 0 Å². The van der Waals surface area contributed by atoms with Crippen molar-refractivity contribution in [2.24, 2.45) is 17.8 Å². The Morgan fingerprint density at radius 1 is 1.26 bits per heavy atom. The summed E-state index contributed by atoms with van der Waals surface area (Å²) in [5, 5.41) is 13.6. The molecule has 19 heavy (non-hydrogen) atoms. The third-order valence-electron chi connectivity index (χ3n) is 4.88. The lowest BCUT2D eigenvalue weighted by Gasteiger charge is -2.28. The van der Waals surface area contributed by atoms with Crippen molar-refractivity contribution in [3.8, 4) is 0 Å². The van der Waals surface area contributed by atoms with E-state index in [2.05, 4.69) is 14.7 Å². The van der Waals surface area contributed by atoms with E-state index in [9.17, 15) is 9.90 Å². The Morgan fingerprint density at radius 2 is 2.05 bits per heavy atom. The van der Waals surface area contributed by atoms with Crippen molar-refractivity contribution in [1.29, 1.82) is 0 Å². The minimum atomic E-state index is -0.656. The Labute approximate surface area is 115 Å². The Kier molecular flexibility index (Phi) is 2.55. The predicted octanol–water partition coefficient (Wildman–Crippen LogP) is 2.33. The molecule has 1 aromatic heterocycles. The monoisotopic (exact) mass is 279 g/mol. The van der Waals surface area contributed by atoms with Crippen molar-refractivity contribution in [2.45, 2.75) is 44.1 Å². The van der Waals surface area contributed by atoms with Crippen LogP contribution in [0.4, 0.5) is 5.13 Å². The molecule has 2 bridgehead atoms. The molecular weight excluding hydrogens is 262 g/mol. The molecule has 0 aromatic carbocycles. The minimum Gasteiger partial charge on any atom is -0.481 e. The van der Waals surface area contributed by atoms with Crippen LogP contribution in [0.25, 0.3) is 0 Å². The second-order valence-corrected chi connectivity index (χ2v) is 6.85. The highest BCUT2D eigenvalue weighted by Crippen LogP contribution is 2.49. The first-order valence-corrected chi connectivity index (χ1v) is 7.82. The Bertz CT molecular complexity index is 514. The molecule has 2 N–H and O–H groups in total. The largest absolute Gasteiger partial charge is 0.481 e. The summed E-state index contributed by atoms with van der Waals surface area (Å²) in [6, 6.07) is 0.0521. The summed E-state index contributed by atoms with van der Waals surface area (Å²) < 4.78 is 4.37. The van der Waals surface area contributed by atoms with Gasteiger partial charge in [-0.25, -0.2) is 4.98 Å². The van der Waals surface area contributed by atoms with Crippen LogP contribution in [0, 0.1) is 17.8 Å². The summed E-state index contributed by atoms with van der Waals surface area (Å²) in [6.07, 6.45) is 5.68. The van der Waals surface area contributed by atoms with Crippen molar-refractivity contribution in [3.63, 3.8) is 0 Å². The SMILES string of the molecule is O=C(O)C1C2CCC(C2)C1Nc1nc(C2CC2)ns1. The molecule has 4 rings (SSSR count). The summed E-state index contributed by atoms with van der Waals surface area (Å²) in [5.41, 5.74) is 0. The zero-order valence-electron chi connectivity index (χ0n) is 10.6. The van der Waals surface area contributed by atoms with Gasteiger partial charge < -0.3 is 10.4 Å². The molecule has 0 saturated heterocycles. The third-order valence-corrected chi connectivity index (χ3v) is 5.54. The number of hydrogen-bond donors (Lipinski definition) is 2. The second-order valence-electron chi connectivity index (χ2n) is 6.10. The normalized spacial score (nSPS) is 36.6. The van der Waals surface area contributed by atoms with Gasteiger partial charge in [0.1, 0.15) is 5.82 Å². The van der Waals surface area contributed by atoms with Crippen LogP contribution < -0.4 is 5.32 Å². The van der Waals surface area contributed by atoms with Crippen LogP contribution in [0.15, 0.2) is 0 Å². The van der Waals surface area contributed by atoms with E-state index < -0.39 is 5.97 Å². The third kappa shape index (κ3) is 1.93. The Morgan fingerprint density at radius 3 is 2.79 bits per heavy atom. The highest BCUT2D eigenvalue weighted by atomic mass is 32.1. The lowest BCUT2D eigenvalue weighted by Crippen LogP contribution is -2.39. The maximum atomic E-state index is 11.4. The zero-order valence-corrected chi connectivity index (χ0v) is 11.4. The standard InChI is InChI=1S/C13H17N3O2S/c17-12(18)9-7-3-4-8(5-7)10(9)14-13-15-11(16-19-13)6-1-2-6/h6-10H,1-5H2,(H,17,18)(H,14,15,16). The quantitative estimate of drug-likeness (QED) is 0.884. The number of aromatic nitrogens is 2. The molecule has 0 spiro atoms. The van der Waals surface area contributed by atoms with Gasteiger partial charge in [-0.15, -0.1) is 0 Å². The highest BCUT2D eigenvalue weighted by Gasteiger charge is 2.51. The molecule has 1 aromatic rings. The van der Waals surface area contributed by atoms with Crippen molar-refractivity contribution >= 4 is 22.6 Å². The number of fused-ring (bicyclic) bond motifs is 2. The molecule has 3 aliphatic carbocycles. The molecule has 4 atom stereocenters. The van der Waals surface area contributed by atoms with E-state index in [0.29, 0.717) is 17.8 Å². The fourth-order valence-electron chi connectivity index (χ4n) is 3.80. The van der Waals surface area contributed by atoms with Crippen LogP contribution in [-0.2, 0) is 4.79 Å². The summed E-state index contributed by atoms with van der Waals surface area (Å²) >= 11 is 1.38. The summed E-state index contributed by atoms with van der Waals surface area (Å²) in [4.78, 5) is 16.0. The number of carboxylic acids is 1. The molecule has 0 aliphatic heterocycles. The number of hydrogen-bond acceptors (Lipinski definition) is 5. The van der Waals surface area contributed by atoms with Gasteiger partial charge in [-0.3, -0.25) is 4.79 Å². The molecule has 102 valence electrons. The maximum absolute atomic E-state index is 11.4. The van der Waals surface area contributed by atoms with Crippen LogP contribution >= 0.6 is 11.5 Å². The average Bonchev–Trinajstić information content (AvgIpc) is 2.85. The first-order valence-electron chi connectivity index (χ1n) is 7.05. The Hall–Kier alpha value is -1.17. The molecule has 0 amide bonds. The van der Waals surface area contributed by atoms with Gasteiger partial charge in [0.25, 0.3) is 0 Å². The summed E-state index contributed by atoms with van der Waals surface area (Å²) in [7, 11) is 0. The number of carbonyl (C=O) groups is 1. The molecule has 1 heterocycles. The smallest absolute Gasteiger partial charge is 0.308 e. The van der Waals surface area contributed by atoms with Gasteiger partial charge in [-0.1, -0.05) is 0 Å². The van der Waals surface area contributed by atoms with E-state index >= 15 is 0 Å². The van der Waals surface area contributed by atoms with Gasteiger partial charge in [0.15, 0.2) is 0 Å². The summed E-state index contributed by atoms with van der Waals surface area (Å²) in [6.45, 7) is 0. The molecule has 0 radical (unpaired) electrons. The van der Waals surface area contributed by atoms with Crippen LogP contribution in [0.5, 0.6) is 0 Å². The molecule has 6 heteroatoms. The van der Waals surface area contributed by atoms with Gasteiger partial charge in [0, 0.05) is 23.5 Å². The Balaban J connectivity index is 1.52. The van der Waals surface area contributed by atoms with Crippen molar-refractivity contribution in [2.75, 3.05) is 5.32 Å². The van der Waals surface area contributed by atoms with Gasteiger partial charge in [-0.2, -0.15) is 4.37 Å². The van der Waals surface area contributed by atoms with E-state index in [1.54, 1.807) is 0 Å². The lowest BCUT2D eigenvalue weighted by atomic mass is 9.84. The van der Waals surface area contributed by atoms with Crippen LogP contribution in [0.2, 0.25) is 0 Å². The first kappa shape index (κ1) is 11.6. The van der Waals surface area contributed by atoms with Crippen LogP contribution in [-0.4, -0.2) is 26.5 Å². The highest BCUT2D eigenvalue weighted by molar-refractivity contribution is 7.09. The van der Waals surface area contributed by atoms with E-state index in [1.807, 2.05) is 0 Å². The van der Waals surface area contributed by atoms with Crippen LogP contribution in [0.1, 0.15) is 43.8 Å². The molecular formula is C13H17N3O2S. The van der Waals surface area contributed by atoms with Gasteiger partial charge in [0.05, 0.1) is 5.92 Å². The molecule has 4 unspecified atom stereocenters. The second kappa shape index (κ2) is 4.16. The van der Waals surface area contributed by atoms with Crippen molar-refractivity contribution in [1.82, 2.24) is 9.36 Å².